The van der Waals surface area contributed by atoms with E-state index in [4.69, 9.17) is 4.42 Å². The predicted octanol–water partition coefficient (Wildman–Crippen LogP) is 2.07. The topological polar surface area (TPSA) is 70.8 Å². The van der Waals surface area contributed by atoms with E-state index in [1.54, 1.807) is 11.2 Å². The zero-order valence-corrected chi connectivity index (χ0v) is 15.2. The lowest BCUT2D eigenvalue weighted by Gasteiger charge is -2.22. The van der Waals surface area contributed by atoms with Crippen molar-refractivity contribution in [2.24, 2.45) is 11.8 Å². The minimum atomic E-state index is -0.386. The number of fused-ring (bicyclic) bond motifs is 1. The summed E-state index contributed by atoms with van der Waals surface area (Å²) in [6, 6.07) is 13.7. The van der Waals surface area contributed by atoms with Gasteiger partial charge in [-0.25, -0.2) is 0 Å². The van der Waals surface area contributed by atoms with Gasteiger partial charge in [-0.15, -0.1) is 0 Å². The number of benzene rings is 1. The zero-order chi connectivity index (χ0) is 19.0. The van der Waals surface area contributed by atoms with E-state index in [-0.39, 0.29) is 35.5 Å². The molecule has 2 saturated heterocycles. The summed E-state index contributed by atoms with van der Waals surface area (Å²) in [6.07, 6.45) is 2.60. The Labute approximate surface area is 157 Å². The summed E-state index contributed by atoms with van der Waals surface area (Å²) in [4.78, 5) is 40.1. The van der Waals surface area contributed by atoms with Crippen LogP contribution in [0.25, 0.3) is 0 Å². The summed E-state index contributed by atoms with van der Waals surface area (Å²) in [6.45, 7) is 0.656. The average molecular weight is 366 g/mol. The molecule has 3 amide bonds. The van der Waals surface area contributed by atoms with Crippen molar-refractivity contribution in [3.05, 3.63) is 60.1 Å². The number of imide groups is 1. The lowest BCUT2D eigenvalue weighted by atomic mass is 9.93. The molecule has 0 aliphatic carbocycles. The van der Waals surface area contributed by atoms with Gasteiger partial charge >= 0.3 is 0 Å². The van der Waals surface area contributed by atoms with Crippen molar-refractivity contribution in [1.29, 1.82) is 0 Å². The summed E-state index contributed by atoms with van der Waals surface area (Å²) in [5, 5.41) is 0. The third-order valence-electron chi connectivity index (χ3n) is 5.66. The second-order valence-corrected chi connectivity index (χ2v) is 7.35. The van der Waals surface area contributed by atoms with Gasteiger partial charge in [-0.2, -0.15) is 0 Å². The number of carbonyl (C=O) groups is 3. The summed E-state index contributed by atoms with van der Waals surface area (Å²) in [5.74, 6) is -0.461. The van der Waals surface area contributed by atoms with Gasteiger partial charge in [-0.3, -0.25) is 19.3 Å². The number of furan rings is 1. The van der Waals surface area contributed by atoms with Gasteiger partial charge in [0.25, 0.3) is 0 Å². The molecular weight excluding hydrogens is 344 g/mol. The van der Waals surface area contributed by atoms with Crippen LogP contribution in [0.2, 0.25) is 0 Å². The van der Waals surface area contributed by atoms with Crippen LogP contribution in [-0.2, 0) is 20.8 Å². The van der Waals surface area contributed by atoms with E-state index in [9.17, 15) is 14.4 Å². The molecule has 1 unspecified atom stereocenters. The fraction of sp³-hybridized carbons (Fsp3) is 0.381. The highest BCUT2D eigenvalue weighted by atomic mass is 16.3. The molecule has 27 heavy (non-hydrogen) atoms. The lowest BCUT2D eigenvalue weighted by Crippen LogP contribution is -2.36. The zero-order valence-electron chi connectivity index (χ0n) is 15.2. The number of rotatable bonds is 5. The van der Waals surface area contributed by atoms with E-state index < -0.39 is 0 Å². The maximum atomic E-state index is 12.9. The van der Waals surface area contributed by atoms with Gasteiger partial charge in [0, 0.05) is 32.5 Å². The predicted molar refractivity (Wildman–Crippen MR) is 97.5 cm³/mol. The van der Waals surface area contributed by atoms with E-state index >= 15 is 0 Å². The number of amides is 3. The number of nitrogens with zero attached hydrogens (tertiary/aromatic N) is 2. The first-order valence-corrected chi connectivity index (χ1v) is 9.21. The SMILES string of the molecule is CN1C(=O)[C@H]2CN(C(=O)CC(Cc3ccccc3)c3ccco3)C[C@H]2C1=O. The summed E-state index contributed by atoms with van der Waals surface area (Å²) >= 11 is 0. The van der Waals surface area contributed by atoms with Gasteiger partial charge < -0.3 is 9.32 Å². The Morgan fingerprint density at radius 3 is 2.33 bits per heavy atom. The third kappa shape index (κ3) is 3.27. The number of hydrogen-bond acceptors (Lipinski definition) is 4. The average Bonchev–Trinajstić information content (AvgIpc) is 3.39. The van der Waals surface area contributed by atoms with Crippen molar-refractivity contribution in [3.8, 4) is 0 Å². The van der Waals surface area contributed by atoms with Gasteiger partial charge in [-0.1, -0.05) is 30.3 Å². The van der Waals surface area contributed by atoms with Crippen molar-refractivity contribution in [2.75, 3.05) is 20.1 Å². The van der Waals surface area contributed by atoms with Crippen LogP contribution < -0.4 is 0 Å². The molecule has 2 aliphatic heterocycles. The highest BCUT2D eigenvalue weighted by Crippen LogP contribution is 2.34. The Hall–Kier alpha value is -2.89. The molecule has 2 aliphatic rings. The molecule has 3 atom stereocenters. The van der Waals surface area contributed by atoms with E-state index in [1.165, 1.54) is 11.9 Å². The molecule has 1 aromatic heterocycles. The third-order valence-corrected chi connectivity index (χ3v) is 5.66. The number of likely N-dealkylation sites (tertiary alicyclic amines) is 2. The molecule has 1 aromatic carbocycles. The second-order valence-electron chi connectivity index (χ2n) is 7.35. The van der Waals surface area contributed by atoms with E-state index in [0.717, 1.165) is 11.3 Å². The van der Waals surface area contributed by atoms with Gasteiger partial charge in [0.1, 0.15) is 5.76 Å². The van der Waals surface area contributed by atoms with Crippen molar-refractivity contribution in [2.45, 2.75) is 18.8 Å². The first kappa shape index (κ1) is 17.5. The van der Waals surface area contributed by atoms with Crippen LogP contribution in [0.3, 0.4) is 0 Å². The molecule has 140 valence electrons. The summed E-state index contributed by atoms with van der Waals surface area (Å²) < 4.78 is 5.57. The van der Waals surface area contributed by atoms with Crippen LogP contribution in [-0.4, -0.2) is 47.7 Å². The Morgan fingerprint density at radius 2 is 1.74 bits per heavy atom. The summed E-state index contributed by atoms with van der Waals surface area (Å²) in [5.41, 5.74) is 1.14. The molecule has 6 nitrogen and oxygen atoms in total. The molecule has 0 N–H and O–H groups in total. The molecular formula is C21H22N2O4. The van der Waals surface area contributed by atoms with Gasteiger partial charge in [0.05, 0.1) is 18.1 Å². The van der Waals surface area contributed by atoms with Gasteiger partial charge in [0.2, 0.25) is 17.7 Å². The molecule has 3 heterocycles. The molecule has 0 saturated carbocycles. The Kier molecular flexibility index (Phi) is 4.56. The van der Waals surface area contributed by atoms with Crippen LogP contribution in [0, 0.1) is 11.8 Å². The molecule has 4 rings (SSSR count). The van der Waals surface area contributed by atoms with E-state index in [1.807, 2.05) is 42.5 Å². The van der Waals surface area contributed by atoms with Crippen LogP contribution in [0.15, 0.2) is 53.1 Å². The largest absolute Gasteiger partial charge is 0.469 e. The normalized spacial score (nSPS) is 23.0. The first-order valence-electron chi connectivity index (χ1n) is 9.21. The Bertz CT molecular complexity index is 822. The van der Waals surface area contributed by atoms with E-state index in [0.29, 0.717) is 25.9 Å². The fourth-order valence-electron chi connectivity index (χ4n) is 4.15. The number of carbonyl (C=O) groups excluding carboxylic acids is 3. The Balaban J connectivity index is 1.47. The first-order chi connectivity index (χ1) is 13.0. The highest BCUT2D eigenvalue weighted by molar-refractivity contribution is 6.06. The van der Waals surface area contributed by atoms with Crippen molar-refractivity contribution in [3.63, 3.8) is 0 Å². The fourth-order valence-corrected chi connectivity index (χ4v) is 4.15. The maximum Gasteiger partial charge on any atom is 0.234 e. The van der Waals surface area contributed by atoms with Crippen LogP contribution in [0.5, 0.6) is 0 Å². The molecule has 0 bridgehead atoms. The Morgan fingerprint density at radius 1 is 1.07 bits per heavy atom. The van der Waals surface area contributed by atoms with Crippen molar-refractivity contribution in [1.82, 2.24) is 9.80 Å². The highest BCUT2D eigenvalue weighted by Gasteiger charge is 2.51. The lowest BCUT2D eigenvalue weighted by molar-refractivity contribution is -0.139. The standard InChI is InChI=1S/C21H22N2O4/c1-22-20(25)16-12-23(13-17(16)21(22)26)19(24)11-15(18-8-5-9-27-18)10-14-6-3-2-4-7-14/h2-9,15-17H,10-13H2,1H3/t15?,16-,17+. The summed E-state index contributed by atoms with van der Waals surface area (Å²) in [7, 11) is 1.52. The minimum Gasteiger partial charge on any atom is -0.469 e. The quantitative estimate of drug-likeness (QED) is 0.760. The minimum absolute atomic E-state index is 0.0371. The molecule has 0 spiro atoms. The molecule has 2 aromatic rings. The van der Waals surface area contributed by atoms with Crippen molar-refractivity contribution < 1.29 is 18.8 Å². The van der Waals surface area contributed by atoms with Crippen LogP contribution >= 0.6 is 0 Å². The van der Waals surface area contributed by atoms with Crippen molar-refractivity contribution >= 4 is 17.7 Å². The van der Waals surface area contributed by atoms with Gasteiger partial charge in [-0.05, 0) is 24.1 Å². The van der Waals surface area contributed by atoms with E-state index in [2.05, 4.69) is 0 Å². The number of hydrogen-bond donors (Lipinski definition) is 0. The second kappa shape index (κ2) is 7.02. The maximum absolute atomic E-state index is 12.9. The molecule has 2 fully saturated rings. The molecule has 6 heteroatoms. The monoisotopic (exact) mass is 366 g/mol. The molecule has 0 radical (unpaired) electrons. The smallest absolute Gasteiger partial charge is 0.234 e. The van der Waals surface area contributed by atoms with Gasteiger partial charge in [0.15, 0.2) is 0 Å². The van der Waals surface area contributed by atoms with Crippen LogP contribution in [0.1, 0.15) is 23.7 Å². The van der Waals surface area contributed by atoms with Crippen LogP contribution in [0.4, 0.5) is 0 Å².